The van der Waals surface area contributed by atoms with E-state index in [1.165, 1.54) is 4.90 Å². The zero-order chi connectivity index (χ0) is 9.72. The minimum absolute atomic E-state index is 0.0149. The van der Waals surface area contributed by atoms with Crippen molar-refractivity contribution >= 4 is 11.9 Å². The van der Waals surface area contributed by atoms with Crippen LogP contribution in [0.15, 0.2) is 0 Å². The number of carboxylic acid groups (broad SMARTS) is 1. The van der Waals surface area contributed by atoms with E-state index in [0.29, 0.717) is 0 Å². The molecule has 0 rings (SSSR count). The SMILES string of the molecule is CN(CC(N)=O)CC(N)C(=O)O. The van der Waals surface area contributed by atoms with E-state index in [9.17, 15) is 9.59 Å². The Labute approximate surface area is 70.1 Å². The van der Waals surface area contributed by atoms with E-state index in [-0.39, 0.29) is 13.1 Å². The maximum absolute atomic E-state index is 10.4. The fourth-order valence-electron chi connectivity index (χ4n) is 0.744. The number of rotatable bonds is 5. The summed E-state index contributed by atoms with van der Waals surface area (Å²) in [6.07, 6.45) is 0. The number of nitrogens with zero attached hydrogens (tertiary/aromatic N) is 1. The van der Waals surface area contributed by atoms with Gasteiger partial charge < -0.3 is 16.6 Å². The molecule has 0 aromatic rings. The first-order chi connectivity index (χ1) is 5.43. The molecule has 0 saturated heterocycles. The van der Waals surface area contributed by atoms with Crippen molar-refractivity contribution in [3.8, 4) is 0 Å². The third kappa shape index (κ3) is 4.64. The Bertz CT molecular complexity index is 183. The molecule has 0 spiro atoms. The first-order valence-corrected chi connectivity index (χ1v) is 3.38. The van der Waals surface area contributed by atoms with Crippen LogP contribution in [0.1, 0.15) is 0 Å². The number of carboxylic acids is 1. The number of primary amides is 1. The summed E-state index contributed by atoms with van der Waals surface area (Å²) in [7, 11) is 1.58. The maximum atomic E-state index is 10.4. The molecule has 0 aromatic heterocycles. The van der Waals surface area contributed by atoms with Crippen LogP contribution in [0, 0.1) is 0 Å². The first kappa shape index (κ1) is 10.9. The van der Waals surface area contributed by atoms with E-state index in [4.69, 9.17) is 16.6 Å². The number of likely N-dealkylation sites (N-methyl/N-ethyl adjacent to an activating group) is 1. The van der Waals surface area contributed by atoms with Crippen molar-refractivity contribution in [1.82, 2.24) is 4.90 Å². The molecule has 5 N–H and O–H groups in total. The standard InChI is InChI=1S/C6H13N3O3/c1-9(3-5(8)10)2-4(7)6(11)12/h4H,2-3,7H2,1H3,(H2,8,10)(H,11,12). The van der Waals surface area contributed by atoms with Crippen LogP contribution in [0.5, 0.6) is 0 Å². The van der Waals surface area contributed by atoms with Crippen LogP contribution in [0.4, 0.5) is 0 Å². The molecule has 70 valence electrons. The van der Waals surface area contributed by atoms with Gasteiger partial charge in [-0.25, -0.2) is 0 Å². The predicted molar refractivity (Wildman–Crippen MR) is 42.3 cm³/mol. The van der Waals surface area contributed by atoms with Crippen LogP contribution < -0.4 is 11.5 Å². The van der Waals surface area contributed by atoms with Gasteiger partial charge in [-0.3, -0.25) is 14.5 Å². The van der Waals surface area contributed by atoms with E-state index in [1.807, 2.05) is 0 Å². The third-order valence-corrected chi connectivity index (χ3v) is 1.25. The van der Waals surface area contributed by atoms with E-state index in [1.54, 1.807) is 7.05 Å². The lowest BCUT2D eigenvalue weighted by Crippen LogP contribution is -2.43. The van der Waals surface area contributed by atoms with Gasteiger partial charge in [0.05, 0.1) is 6.54 Å². The number of nitrogens with two attached hydrogens (primary N) is 2. The monoisotopic (exact) mass is 175 g/mol. The summed E-state index contributed by atoms with van der Waals surface area (Å²) in [5.41, 5.74) is 10.1. The Morgan fingerprint density at radius 1 is 1.58 bits per heavy atom. The third-order valence-electron chi connectivity index (χ3n) is 1.25. The van der Waals surface area contributed by atoms with Crippen molar-refractivity contribution in [2.45, 2.75) is 6.04 Å². The molecule has 0 aliphatic heterocycles. The van der Waals surface area contributed by atoms with Gasteiger partial charge in [-0.2, -0.15) is 0 Å². The summed E-state index contributed by atoms with van der Waals surface area (Å²) in [5, 5.41) is 8.40. The predicted octanol–water partition coefficient (Wildman–Crippen LogP) is -2.18. The Morgan fingerprint density at radius 3 is 2.42 bits per heavy atom. The molecule has 6 nitrogen and oxygen atoms in total. The lowest BCUT2D eigenvalue weighted by Gasteiger charge is -2.16. The van der Waals surface area contributed by atoms with Crippen LogP contribution in [0.3, 0.4) is 0 Å². The molecule has 0 aromatic carbocycles. The average Bonchev–Trinajstić information content (AvgIpc) is 1.84. The van der Waals surface area contributed by atoms with Gasteiger partial charge in [0.15, 0.2) is 0 Å². The summed E-state index contributed by atoms with van der Waals surface area (Å²) in [4.78, 5) is 22.1. The number of amides is 1. The Kier molecular flexibility index (Phi) is 4.24. The van der Waals surface area contributed by atoms with Gasteiger partial charge in [0.25, 0.3) is 0 Å². The van der Waals surface area contributed by atoms with E-state index in [2.05, 4.69) is 0 Å². The van der Waals surface area contributed by atoms with E-state index < -0.39 is 17.9 Å². The van der Waals surface area contributed by atoms with Gasteiger partial charge in [-0.1, -0.05) is 0 Å². The second-order valence-electron chi connectivity index (χ2n) is 2.61. The van der Waals surface area contributed by atoms with Crippen LogP contribution >= 0.6 is 0 Å². The summed E-state index contributed by atoms with van der Waals surface area (Å²) >= 11 is 0. The van der Waals surface area contributed by atoms with Gasteiger partial charge in [-0.15, -0.1) is 0 Å². The van der Waals surface area contributed by atoms with Gasteiger partial charge in [0, 0.05) is 6.54 Å². The number of carbonyl (C=O) groups is 2. The summed E-state index contributed by atoms with van der Waals surface area (Å²) in [6, 6.07) is -0.977. The minimum atomic E-state index is -1.09. The second kappa shape index (κ2) is 4.68. The Morgan fingerprint density at radius 2 is 2.08 bits per heavy atom. The van der Waals surface area contributed by atoms with Crippen molar-refractivity contribution < 1.29 is 14.7 Å². The van der Waals surface area contributed by atoms with Crippen molar-refractivity contribution in [3.05, 3.63) is 0 Å². The topological polar surface area (TPSA) is 110 Å². The maximum Gasteiger partial charge on any atom is 0.321 e. The molecule has 0 radical (unpaired) electrons. The normalized spacial score (nSPS) is 12.9. The molecule has 1 unspecified atom stereocenters. The van der Waals surface area contributed by atoms with E-state index in [0.717, 1.165) is 0 Å². The molecule has 1 atom stereocenters. The van der Waals surface area contributed by atoms with Crippen molar-refractivity contribution in [2.75, 3.05) is 20.1 Å². The average molecular weight is 175 g/mol. The lowest BCUT2D eigenvalue weighted by atomic mass is 10.3. The minimum Gasteiger partial charge on any atom is -0.480 e. The quantitative estimate of drug-likeness (QED) is 0.440. The molecule has 12 heavy (non-hydrogen) atoms. The van der Waals surface area contributed by atoms with Gasteiger partial charge in [0.2, 0.25) is 5.91 Å². The Hall–Kier alpha value is -1.14. The smallest absolute Gasteiger partial charge is 0.321 e. The Balaban J connectivity index is 3.76. The second-order valence-corrected chi connectivity index (χ2v) is 2.61. The fourth-order valence-corrected chi connectivity index (χ4v) is 0.744. The largest absolute Gasteiger partial charge is 0.480 e. The molecular weight excluding hydrogens is 162 g/mol. The highest BCUT2D eigenvalue weighted by molar-refractivity contribution is 5.76. The van der Waals surface area contributed by atoms with E-state index >= 15 is 0 Å². The van der Waals surface area contributed by atoms with Crippen LogP contribution in [0.25, 0.3) is 0 Å². The van der Waals surface area contributed by atoms with Crippen molar-refractivity contribution in [3.63, 3.8) is 0 Å². The molecule has 0 saturated carbocycles. The molecule has 0 heterocycles. The molecule has 0 fully saturated rings. The van der Waals surface area contributed by atoms with Gasteiger partial charge >= 0.3 is 5.97 Å². The van der Waals surface area contributed by atoms with Gasteiger partial charge in [-0.05, 0) is 7.05 Å². The molecule has 6 heteroatoms. The highest BCUT2D eigenvalue weighted by Gasteiger charge is 2.14. The molecule has 0 bridgehead atoms. The number of hydrogen-bond acceptors (Lipinski definition) is 4. The van der Waals surface area contributed by atoms with Crippen molar-refractivity contribution in [2.24, 2.45) is 11.5 Å². The number of carbonyl (C=O) groups excluding carboxylic acids is 1. The highest BCUT2D eigenvalue weighted by atomic mass is 16.4. The first-order valence-electron chi connectivity index (χ1n) is 3.38. The lowest BCUT2D eigenvalue weighted by molar-refractivity contribution is -0.139. The van der Waals surface area contributed by atoms with Crippen LogP contribution in [0.2, 0.25) is 0 Å². The molecule has 0 aliphatic rings. The molecule has 1 amide bonds. The van der Waals surface area contributed by atoms with Crippen LogP contribution in [-0.2, 0) is 9.59 Å². The molecular formula is C6H13N3O3. The zero-order valence-electron chi connectivity index (χ0n) is 6.86. The molecule has 0 aliphatic carbocycles. The number of hydrogen-bond donors (Lipinski definition) is 3. The van der Waals surface area contributed by atoms with Gasteiger partial charge in [0.1, 0.15) is 6.04 Å². The van der Waals surface area contributed by atoms with Crippen LogP contribution in [-0.4, -0.2) is 48.1 Å². The summed E-state index contributed by atoms with van der Waals surface area (Å²) < 4.78 is 0. The highest BCUT2D eigenvalue weighted by Crippen LogP contribution is 1.85. The number of aliphatic carboxylic acids is 1. The summed E-state index contributed by atoms with van der Waals surface area (Å²) in [6.45, 7) is 0.124. The van der Waals surface area contributed by atoms with Crippen molar-refractivity contribution in [1.29, 1.82) is 0 Å². The summed E-state index contributed by atoms with van der Waals surface area (Å²) in [5.74, 6) is -1.60. The fraction of sp³-hybridized carbons (Fsp3) is 0.667. The zero-order valence-corrected chi connectivity index (χ0v) is 6.86.